The standard InChI is InChI=1S/C33H38N2O4/c36-32(19-17-26-16-18-30-31(23-26)39-21-20-38-30)35(24-27-12-6-2-7-13-27)29(22-25-10-4-1-5-11-25)33(37)34-28-14-8-3-9-15-28/h1-2,4-7,10-13,16,18,23,28-29H,3,8-9,14-15,17,19-22,24H2,(H,34,37)/t29-/m0/s1. The van der Waals surface area contributed by atoms with Crippen LogP contribution >= 0.6 is 0 Å². The lowest BCUT2D eigenvalue weighted by atomic mass is 9.94. The SMILES string of the molecule is O=C(NC1CCCCC1)[C@H](Cc1ccccc1)N(Cc1ccccc1)C(=O)CCc1ccc2c(c1)OCCO2. The number of ether oxygens (including phenoxy) is 2. The molecule has 1 heterocycles. The summed E-state index contributed by atoms with van der Waals surface area (Å²) in [6, 6.07) is 25.4. The number of rotatable bonds is 10. The first kappa shape index (κ1) is 26.8. The molecule has 0 spiro atoms. The summed E-state index contributed by atoms with van der Waals surface area (Å²) in [5.41, 5.74) is 3.06. The molecule has 3 aromatic rings. The highest BCUT2D eigenvalue weighted by Crippen LogP contribution is 2.31. The summed E-state index contributed by atoms with van der Waals surface area (Å²) >= 11 is 0. The van der Waals surface area contributed by atoms with Gasteiger partial charge in [-0.3, -0.25) is 9.59 Å². The van der Waals surface area contributed by atoms with Crippen molar-refractivity contribution in [2.75, 3.05) is 13.2 Å². The molecule has 39 heavy (non-hydrogen) atoms. The fourth-order valence-corrected chi connectivity index (χ4v) is 5.52. The van der Waals surface area contributed by atoms with Gasteiger partial charge >= 0.3 is 0 Å². The molecule has 0 saturated heterocycles. The molecule has 2 aliphatic rings. The second kappa shape index (κ2) is 13.3. The number of amides is 2. The molecule has 2 amide bonds. The molecule has 1 N–H and O–H groups in total. The number of benzene rings is 3. The third kappa shape index (κ3) is 7.41. The summed E-state index contributed by atoms with van der Waals surface area (Å²) in [7, 11) is 0. The van der Waals surface area contributed by atoms with Crippen LogP contribution in [0.3, 0.4) is 0 Å². The van der Waals surface area contributed by atoms with Gasteiger partial charge in [0.05, 0.1) is 0 Å². The van der Waals surface area contributed by atoms with Gasteiger partial charge < -0.3 is 19.7 Å². The Morgan fingerprint density at radius 2 is 1.46 bits per heavy atom. The molecule has 0 unspecified atom stereocenters. The van der Waals surface area contributed by atoms with E-state index in [9.17, 15) is 9.59 Å². The van der Waals surface area contributed by atoms with Crippen molar-refractivity contribution in [1.29, 1.82) is 0 Å². The summed E-state index contributed by atoms with van der Waals surface area (Å²) in [6.07, 6.45) is 6.83. The largest absolute Gasteiger partial charge is 0.486 e. The fraction of sp³-hybridized carbons (Fsp3) is 0.394. The van der Waals surface area contributed by atoms with E-state index >= 15 is 0 Å². The Balaban J connectivity index is 1.38. The number of aryl methyl sites for hydroxylation is 1. The van der Waals surface area contributed by atoms with Crippen molar-refractivity contribution in [3.8, 4) is 11.5 Å². The first-order valence-electron chi connectivity index (χ1n) is 14.2. The Morgan fingerprint density at radius 3 is 2.18 bits per heavy atom. The van der Waals surface area contributed by atoms with Crippen molar-refractivity contribution >= 4 is 11.8 Å². The molecule has 1 atom stereocenters. The van der Waals surface area contributed by atoms with Crippen LogP contribution in [-0.2, 0) is 29.0 Å². The molecule has 0 bridgehead atoms. The van der Waals surface area contributed by atoms with E-state index in [0.29, 0.717) is 39.0 Å². The van der Waals surface area contributed by atoms with Crippen LogP contribution in [-0.4, -0.2) is 42.0 Å². The highest BCUT2D eigenvalue weighted by Gasteiger charge is 2.31. The normalized spacial score (nSPS) is 15.8. The molecule has 204 valence electrons. The van der Waals surface area contributed by atoms with Gasteiger partial charge in [-0.25, -0.2) is 0 Å². The molecule has 6 nitrogen and oxygen atoms in total. The van der Waals surface area contributed by atoms with Crippen molar-refractivity contribution in [1.82, 2.24) is 10.2 Å². The molecular weight excluding hydrogens is 488 g/mol. The Kier molecular flexibility index (Phi) is 9.15. The van der Waals surface area contributed by atoms with Gasteiger partial charge in [-0.05, 0) is 48.1 Å². The van der Waals surface area contributed by atoms with Crippen LogP contribution in [0, 0.1) is 0 Å². The number of nitrogens with one attached hydrogen (secondary N) is 1. The van der Waals surface area contributed by atoms with Crippen LogP contribution < -0.4 is 14.8 Å². The van der Waals surface area contributed by atoms with E-state index in [2.05, 4.69) is 5.32 Å². The zero-order chi connectivity index (χ0) is 26.9. The first-order valence-corrected chi connectivity index (χ1v) is 14.2. The predicted molar refractivity (Wildman–Crippen MR) is 152 cm³/mol. The van der Waals surface area contributed by atoms with Crippen LogP contribution in [0.25, 0.3) is 0 Å². The average Bonchev–Trinajstić information content (AvgIpc) is 2.99. The predicted octanol–water partition coefficient (Wildman–Crippen LogP) is 5.48. The number of fused-ring (bicyclic) bond motifs is 1. The Morgan fingerprint density at radius 1 is 0.795 bits per heavy atom. The number of hydrogen-bond acceptors (Lipinski definition) is 4. The third-order valence-corrected chi connectivity index (χ3v) is 7.65. The summed E-state index contributed by atoms with van der Waals surface area (Å²) in [5, 5.41) is 3.31. The van der Waals surface area contributed by atoms with E-state index < -0.39 is 6.04 Å². The lowest BCUT2D eigenvalue weighted by Gasteiger charge is -2.33. The van der Waals surface area contributed by atoms with Gasteiger partial charge in [0.15, 0.2) is 11.5 Å². The minimum atomic E-state index is -0.595. The second-order valence-electron chi connectivity index (χ2n) is 10.5. The van der Waals surface area contributed by atoms with E-state index in [-0.39, 0.29) is 17.9 Å². The minimum absolute atomic E-state index is 0.0338. The summed E-state index contributed by atoms with van der Waals surface area (Å²) in [4.78, 5) is 29.6. The van der Waals surface area contributed by atoms with Gasteiger partial charge in [-0.1, -0.05) is 86.0 Å². The number of hydrogen-bond donors (Lipinski definition) is 1. The van der Waals surface area contributed by atoms with Gasteiger partial charge in [0, 0.05) is 25.4 Å². The van der Waals surface area contributed by atoms with Gasteiger partial charge in [-0.15, -0.1) is 0 Å². The van der Waals surface area contributed by atoms with Gasteiger partial charge in [0.25, 0.3) is 0 Å². The van der Waals surface area contributed by atoms with Gasteiger partial charge in [-0.2, -0.15) is 0 Å². The van der Waals surface area contributed by atoms with E-state index in [1.54, 1.807) is 4.90 Å². The van der Waals surface area contributed by atoms with Crippen molar-refractivity contribution in [2.24, 2.45) is 0 Å². The smallest absolute Gasteiger partial charge is 0.243 e. The molecular formula is C33H38N2O4. The number of carbonyl (C=O) groups is 2. The molecule has 0 aromatic heterocycles. The first-order chi connectivity index (χ1) is 19.2. The van der Waals surface area contributed by atoms with Crippen molar-refractivity contribution in [3.63, 3.8) is 0 Å². The minimum Gasteiger partial charge on any atom is -0.486 e. The number of nitrogens with zero attached hydrogens (tertiary/aromatic N) is 1. The summed E-state index contributed by atoms with van der Waals surface area (Å²) in [6.45, 7) is 1.46. The van der Waals surface area contributed by atoms with E-state index in [1.807, 2.05) is 78.9 Å². The molecule has 1 saturated carbocycles. The fourth-order valence-electron chi connectivity index (χ4n) is 5.52. The maximum Gasteiger partial charge on any atom is 0.243 e. The maximum atomic E-state index is 13.9. The van der Waals surface area contributed by atoms with Crippen LogP contribution in [0.1, 0.15) is 55.2 Å². The Hall–Kier alpha value is -3.80. The summed E-state index contributed by atoms with van der Waals surface area (Å²) < 4.78 is 11.4. The highest BCUT2D eigenvalue weighted by molar-refractivity contribution is 5.88. The zero-order valence-electron chi connectivity index (χ0n) is 22.5. The summed E-state index contributed by atoms with van der Waals surface area (Å²) in [5.74, 6) is 1.37. The van der Waals surface area contributed by atoms with Crippen molar-refractivity contribution < 1.29 is 19.1 Å². The molecule has 0 radical (unpaired) electrons. The monoisotopic (exact) mass is 526 g/mol. The highest BCUT2D eigenvalue weighted by atomic mass is 16.6. The topological polar surface area (TPSA) is 67.9 Å². The van der Waals surface area contributed by atoms with Gasteiger partial charge in [0.2, 0.25) is 11.8 Å². The quantitative estimate of drug-likeness (QED) is 0.380. The van der Waals surface area contributed by atoms with Crippen LogP contribution in [0.5, 0.6) is 11.5 Å². The number of carbonyl (C=O) groups excluding carboxylic acids is 2. The van der Waals surface area contributed by atoms with Crippen LogP contribution in [0.2, 0.25) is 0 Å². The van der Waals surface area contributed by atoms with E-state index in [4.69, 9.17) is 9.47 Å². The molecule has 5 rings (SSSR count). The maximum absolute atomic E-state index is 13.9. The van der Waals surface area contributed by atoms with Crippen LogP contribution in [0.15, 0.2) is 78.9 Å². The lowest BCUT2D eigenvalue weighted by molar-refractivity contribution is -0.141. The molecule has 1 aliphatic carbocycles. The molecule has 1 aliphatic heterocycles. The zero-order valence-corrected chi connectivity index (χ0v) is 22.5. The van der Waals surface area contributed by atoms with E-state index in [0.717, 1.165) is 53.9 Å². The van der Waals surface area contributed by atoms with Crippen LogP contribution in [0.4, 0.5) is 0 Å². The van der Waals surface area contributed by atoms with Crippen molar-refractivity contribution in [2.45, 2.75) is 70.0 Å². The molecule has 6 heteroatoms. The Bertz CT molecular complexity index is 1220. The van der Waals surface area contributed by atoms with E-state index in [1.165, 1.54) is 6.42 Å². The second-order valence-corrected chi connectivity index (χ2v) is 10.5. The lowest BCUT2D eigenvalue weighted by Crippen LogP contribution is -2.52. The third-order valence-electron chi connectivity index (χ3n) is 7.65. The van der Waals surface area contributed by atoms with Gasteiger partial charge in [0.1, 0.15) is 19.3 Å². The molecule has 3 aromatic carbocycles. The van der Waals surface area contributed by atoms with Crippen molar-refractivity contribution in [3.05, 3.63) is 95.6 Å². The molecule has 1 fully saturated rings. The average molecular weight is 527 g/mol. The Labute approximate surface area is 231 Å².